The van der Waals surface area contributed by atoms with E-state index in [2.05, 4.69) is 0 Å². The van der Waals surface area contributed by atoms with Gasteiger partial charge in [0.25, 0.3) is 0 Å². The number of aromatic hydroxyl groups is 3. The molecule has 0 bridgehead atoms. The first-order valence-corrected chi connectivity index (χ1v) is 13.1. The average molecular weight is 601 g/mol. The number of aryl methyl sites for hydroxylation is 1. The highest BCUT2D eigenvalue weighted by atomic mass is 16.7. The van der Waals surface area contributed by atoms with E-state index in [4.69, 9.17) is 23.7 Å². The molecule has 43 heavy (non-hydrogen) atoms. The number of carbonyl (C=O) groups excluding carboxylic acids is 2. The number of hydrogen-bond acceptors (Lipinski definition) is 13. The van der Waals surface area contributed by atoms with Gasteiger partial charge in [0.05, 0.1) is 25.3 Å². The van der Waals surface area contributed by atoms with Gasteiger partial charge in [-0.1, -0.05) is 12.1 Å². The smallest absolute Gasteiger partial charge is 0.338 e. The Balaban J connectivity index is 1.46. The molecule has 0 spiro atoms. The highest BCUT2D eigenvalue weighted by Gasteiger charge is 2.46. The molecule has 0 unspecified atom stereocenters. The topological polar surface area (TPSA) is 202 Å². The third-order valence-corrected chi connectivity index (χ3v) is 6.85. The number of phenols is 3. The van der Waals surface area contributed by atoms with Gasteiger partial charge in [-0.25, -0.2) is 4.79 Å². The summed E-state index contributed by atoms with van der Waals surface area (Å²) in [6.07, 6.45) is -7.88. The second kappa shape index (κ2) is 13.6. The van der Waals surface area contributed by atoms with E-state index < -0.39 is 43.3 Å². The van der Waals surface area contributed by atoms with Crippen molar-refractivity contribution < 1.29 is 63.9 Å². The number of ether oxygens (including phenoxy) is 5. The van der Waals surface area contributed by atoms with E-state index in [0.29, 0.717) is 6.42 Å². The van der Waals surface area contributed by atoms with Gasteiger partial charge in [-0.3, -0.25) is 4.79 Å². The van der Waals surface area contributed by atoms with E-state index in [0.717, 1.165) is 11.6 Å². The lowest BCUT2D eigenvalue weighted by Crippen LogP contribution is -2.60. The number of esters is 1. The third kappa shape index (κ3) is 7.27. The zero-order valence-corrected chi connectivity index (χ0v) is 23.2. The summed E-state index contributed by atoms with van der Waals surface area (Å²) >= 11 is 0. The van der Waals surface area contributed by atoms with Crippen LogP contribution in [-0.2, 0) is 15.9 Å². The van der Waals surface area contributed by atoms with Gasteiger partial charge in [-0.15, -0.1) is 0 Å². The lowest BCUT2D eigenvalue weighted by atomic mass is 9.99. The van der Waals surface area contributed by atoms with E-state index in [1.54, 1.807) is 12.1 Å². The molecule has 0 aromatic heterocycles. The lowest BCUT2D eigenvalue weighted by Gasteiger charge is -2.40. The summed E-state index contributed by atoms with van der Waals surface area (Å²) in [5.74, 6) is -1.99. The number of phenolic OH excluding ortho intramolecular Hbond substituents is 3. The van der Waals surface area contributed by atoms with Crippen molar-refractivity contribution in [2.75, 3.05) is 20.8 Å². The highest BCUT2D eigenvalue weighted by Crippen LogP contribution is 2.37. The summed E-state index contributed by atoms with van der Waals surface area (Å²) in [7, 11) is 2.56. The minimum Gasteiger partial charge on any atom is -0.508 e. The predicted octanol–water partition coefficient (Wildman–Crippen LogP) is 1.68. The molecule has 3 aromatic rings. The van der Waals surface area contributed by atoms with Gasteiger partial charge < -0.3 is 54.3 Å². The molecular weight excluding hydrogens is 568 g/mol. The van der Waals surface area contributed by atoms with Crippen LogP contribution in [0.15, 0.2) is 54.6 Å². The Morgan fingerprint density at radius 1 is 0.791 bits per heavy atom. The van der Waals surface area contributed by atoms with Crippen LogP contribution in [-0.4, -0.2) is 93.9 Å². The number of hydrogen-bond donors (Lipinski definition) is 6. The zero-order chi connectivity index (χ0) is 31.3. The van der Waals surface area contributed by atoms with Gasteiger partial charge in [-0.05, 0) is 48.4 Å². The monoisotopic (exact) mass is 600 g/mol. The maximum atomic E-state index is 13.1. The fraction of sp³-hybridized carbons (Fsp3) is 0.333. The van der Waals surface area contributed by atoms with Crippen LogP contribution in [0.2, 0.25) is 0 Å². The van der Waals surface area contributed by atoms with E-state index in [9.17, 15) is 40.2 Å². The van der Waals surface area contributed by atoms with Crippen LogP contribution >= 0.6 is 0 Å². The first kappa shape index (κ1) is 31.4. The molecule has 4 rings (SSSR count). The van der Waals surface area contributed by atoms with Crippen LogP contribution in [0.4, 0.5) is 0 Å². The van der Waals surface area contributed by atoms with Gasteiger partial charge in [0, 0.05) is 12.5 Å². The summed E-state index contributed by atoms with van der Waals surface area (Å²) in [6.45, 7) is -0.590. The molecular formula is C30H32O13. The van der Waals surface area contributed by atoms with Crippen LogP contribution in [0.1, 0.15) is 32.7 Å². The predicted molar refractivity (Wildman–Crippen MR) is 148 cm³/mol. The van der Waals surface area contributed by atoms with Crippen molar-refractivity contribution in [1.29, 1.82) is 0 Å². The van der Waals surface area contributed by atoms with E-state index in [1.165, 1.54) is 50.6 Å². The van der Waals surface area contributed by atoms with Crippen LogP contribution in [0.25, 0.3) is 0 Å². The van der Waals surface area contributed by atoms with Gasteiger partial charge in [0.1, 0.15) is 48.3 Å². The highest BCUT2D eigenvalue weighted by molar-refractivity contribution is 5.99. The van der Waals surface area contributed by atoms with E-state index in [1.807, 2.05) is 0 Å². The number of aliphatic hydroxyl groups is 3. The summed E-state index contributed by atoms with van der Waals surface area (Å²) in [6, 6.07) is 12.5. The molecule has 0 saturated carbocycles. The SMILES string of the molecule is COc1cc(C(=O)OC[C@H]2O[C@@H](Oc3cc(O)ccc3C(=O)CCc3ccc(O)cc3)[C@H](O)[C@@H](O)[C@@H]2O)cc(OC)c1O. The van der Waals surface area contributed by atoms with Crippen LogP contribution in [0.5, 0.6) is 34.5 Å². The summed E-state index contributed by atoms with van der Waals surface area (Å²) < 4.78 is 26.7. The molecule has 230 valence electrons. The van der Waals surface area contributed by atoms with Crippen molar-refractivity contribution >= 4 is 11.8 Å². The fourth-order valence-electron chi connectivity index (χ4n) is 4.42. The molecule has 1 aliphatic heterocycles. The summed E-state index contributed by atoms with van der Waals surface area (Å²) in [5.41, 5.74) is 0.809. The van der Waals surface area contributed by atoms with Gasteiger partial charge >= 0.3 is 5.97 Å². The van der Waals surface area contributed by atoms with Crippen LogP contribution in [0.3, 0.4) is 0 Å². The van der Waals surface area contributed by atoms with Crippen molar-refractivity contribution in [1.82, 2.24) is 0 Å². The number of Topliss-reactive ketones (excluding diaryl/α,β-unsaturated/α-hetero) is 1. The van der Waals surface area contributed by atoms with Crippen molar-refractivity contribution in [2.24, 2.45) is 0 Å². The maximum Gasteiger partial charge on any atom is 0.338 e. The molecule has 6 N–H and O–H groups in total. The molecule has 0 radical (unpaired) electrons. The summed E-state index contributed by atoms with van der Waals surface area (Å²) in [5, 5.41) is 61.1. The Bertz CT molecular complexity index is 1410. The molecule has 1 fully saturated rings. The minimum absolute atomic E-state index is 0.0483. The number of methoxy groups -OCH3 is 2. The average Bonchev–Trinajstić information content (AvgIpc) is 3.00. The molecule has 1 aliphatic rings. The lowest BCUT2D eigenvalue weighted by molar-refractivity contribution is -0.277. The Hall–Kier alpha value is -4.56. The number of benzene rings is 3. The van der Waals surface area contributed by atoms with Crippen molar-refractivity contribution in [3.8, 4) is 34.5 Å². The van der Waals surface area contributed by atoms with Gasteiger partial charge in [0.15, 0.2) is 17.3 Å². The first-order chi connectivity index (χ1) is 20.5. The van der Waals surface area contributed by atoms with Crippen molar-refractivity contribution in [3.63, 3.8) is 0 Å². The summed E-state index contributed by atoms with van der Waals surface area (Å²) in [4.78, 5) is 25.8. The number of carbonyl (C=O) groups is 2. The maximum absolute atomic E-state index is 13.1. The second-order valence-electron chi connectivity index (χ2n) is 9.73. The number of ketones is 1. The molecule has 0 amide bonds. The van der Waals surface area contributed by atoms with Crippen LogP contribution in [0, 0.1) is 0 Å². The zero-order valence-electron chi connectivity index (χ0n) is 23.2. The minimum atomic E-state index is -1.79. The molecule has 13 nitrogen and oxygen atoms in total. The Kier molecular flexibility index (Phi) is 9.93. The number of aliphatic hydroxyl groups excluding tert-OH is 3. The fourth-order valence-corrected chi connectivity index (χ4v) is 4.42. The molecule has 5 atom stereocenters. The Labute approximate surface area is 246 Å². The normalized spacial score (nSPS) is 21.6. The Morgan fingerprint density at radius 2 is 1.42 bits per heavy atom. The molecule has 13 heteroatoms. The van der Waals surface area contributed by atoms with Gasteiger partial charge in [0.2, 0.25) is 12.0 Å². The Morgan fingerprint density at radius 3 is 2.05 bits per heavy atom. The third-order valence-electron chi connectivity index (χ3n) is 6.85. The first-order valence-electron chi connectivity index (χ1n) is 13.1. The van der Waals surface area contributed by atoms with Crippen LogP contribution < -0.4 is 14.2 Å². The van der Waals surface area contributed by atoms with E-state index >= 15 is 0 Å². The number of rotatable bonds is 11. The van der Waals surface area contributed by atoms with E-state index in [-0.39, 0.29) is 57.8 Å². The van der Waals surface area contributed by atoms with Gasteiger partial charge in [-0.2, -0.15) is 0 Å². The quantitative estimate of drug-likeness (QED) is 0.137. The molecule has 0 aliphatic carbocycles. The molecule has 1 saturated heterocycles. The van der Waals surface area contributed by atoms with Crippen molar-refractivity contribution in [2.45, 2.75) is 43.5 Å². The second-order valence-corrected chi connectivity index (χ2v) is 9.73. The van der Waals surface area contributed by atoms with Crippen molar-refractivity contribution in [3.05, 3.63) is 71.3 Å². The standard InChI is InChI=1S/C30H32O13/c1-39-22-11-16(12-23(40-2)25(22)34)29(38)41-14-24-26(35)27(36)28(37)30(43-24)42-21-13-18(32)8-9-19(21)20(33)10-5-15-3-6-17(31)7-4-15/h3-4,6-9,11-13,24,26-28,30-32,34-37H,5,10,14H2,1-2H3/t24-,26-,27+,28-,30-/m1/s1. The molecule has 3 aromatic carbocycles. The largest absolute Gasteiger partial charge is 0.508 e. The molecule has 1 heterocycles.